The van der Waals surface area contributed by atoms with Gasteiger partial charge in [-0.25, -0.2) is 0 Å². The molecule has 0 aliphatic carbocycles. The van der Waals surface area contributed by atoms with E-state index in [4.69, 9.17) is 5.73 Å². The Morgan fingerprint density at radius 3 is 2.74 bits per heavy atom. The molecule has 0 radical (unpaired) electrons. The molecular weight excluding hydrogens is 314 g/mol. The molecule has 0 heterocycles. The highest BCUT2D eigenvalue weighted by atomic mass is 79.9. The number of nitro benzene ring substituents is 1. The molecule has 0 spiro atoms. The van der Waals surface area contributed by atoms with Gasteiger partial charge in [0, 0.05) is 17.1 Å². The van der Waals surface area contributed by atoms with Crippen molar-refractivity contribution >= 4 is 33.2 Å². The summed E-state index contributed by atoms with van der Waals surface area (Å²) in [6.45, 7) is 2.54. The van der Waals surface area contributed by atoms with Crippen molar-refractivity contribution < 1.29 is 9.72 Å². The number of carbonyl (C=O) groups excluding carboxylic acids is 1. The Morgan fingerprint density at radius 1 is 1.53 bits per heavy atom. The van der Waals surface area contributed by atoms with Crippen LogP contribution in [0.1, 0.15) is 19.8 Å². The lowest BCUT2D eigenvalue weighted by Gasteiger charge is -2.22. The van der Waals surface area contributed by atoms with Gasteiger partial charge in [0.1, 0.15) is 5.69 Å². The molecule has 0 unspecified atom stereocenters. The number of hydrogen-bond donors (Lipinski definition) is 1. The molecule has 0 aliphatic heterocycles. The standard InChI is InChI=1S/C12H16BrN3O3/c1-2-3-6-15(8-12(14)17)10-5-4-9(13)7-11(10)16(18)19/h4-5,7H,2-3,6,8H2,1H3,(H2,14,17). The predicted octanol–water partition coefficient (Wildman–Crippen LogP) is 2.45. The van der Waals surface area contributed by atoms with Crippen molar-refractivity contribution in [2.45, 2.75) is 19.8 Å². The van der Waals surface area contributed by atoms with Gasteiger partial charge in [0.15, 0.2) is 0 Å². The van der Waals surface area contributed by atoms with Gasteiger partial charge < -0.3 is 10.6 Å². The highest BCUT2D eigenvalue weighted by molar-refractivity contribution is 9.10. The lowest BCUT2D eigenvalue weighted by Crippen LogP contribution is -2.34. The van der Waals surface area contributed by atoms with Crippen LogP contribution in [0, 0.1) is 10.1 Å². The number of halogens is 1. The maximum Gasteiger partial charge on any atom is 0.293 e. The SMILES string of the molecule is CCCCN(CC(N)=O)c1ccc(Br)cc1[N+](=O)[O-]. The summed E-state index contributed by atoms with van der Waals surface area (Å²) in [4.78, 5) is 23.4. The third-order valence-electron chi connectivity index (χ3n) is 2.60. The van der Waals surface area contributed by atoms with Gasteiger partial charge in [-0.15, -0.1) is 0 Å². The van der Waals surface area contributed by atoms with Crippen LogP contribution in [0.3, 0.4) is 0 Å². The van der Waals surface area contributed by atoms with Crippen molar-refractivity contribution in [1.29, 1.82) is 0 Å². The fraction of sp³-hybridized carbons (Fsp3) is 0.417. The van der Waals surface area contributed by atoms with Crippen molar-refractivity contribution in [1.82, 2.24) is 0 Å². The minimum absolute atomic E-state index is 0.0253. The van der Waals surface area contributed by atoms with Crippen molar-refractivity contribution in [3.05, 3.63) is 32.8 Å². The molecule has 2 N–H and O–H groups in total. The topological polar surface area (TPSA) is 89.5 Å². The Hall–Kier alpha value is -1.63. The number of hydrogen-bond acceptors (Lipinski definition) is 4. The molecular formula is C12H16BrN3O3. The first kappa shape index (κ1) is 15.4. The second kappa shape index (κ2) is 7.08. The first-order chi connectivity index (χ1) is 8.95. The van der Waals surface area contributed by atoms with Crippen LogP contribution < -0.4 is 10.6 Å². The van der Waals surface area contributed by atoms with Crippen LogP contribution in [0.15, 0.2) is 22.7 Å². The first-order valence-corrected chi connectivity index (χ1v) is 6.72. The average molecular weight is 330 g/mol. The molecule has 0 atom stereocenters. The number of carbonyl (C=O) groups is 1. The van der Waals surface area contributed by atoms with Gasteiger partial charge in [-0.1, -0.05) is 29.3 Å². The summed E-state index contributed by atoms with van der Waals surface area (Å²) in [5.74, 6) is -0.506. The molecule has 1 rings (SSSR count). The second-order valence-corrected chi connectivity index (χ2v) is 5.05. The zero-order valence-corrected chi connectivity index (χ0v) is 12.2. The molecule has 0 fully saturated rings. The molecule has 0 saturated heterocycles. The van der Waals surface area contributed by atoms with E-state index in [2.05, 4.69) is 15.9 Å². The smallest absolute Gasteiger partial charge is 0.293 e. The average Bonchev–Trinajstić information content (AvgIpc) is 2.34. The maximum atomic E-state index is 11.1. The molecule has 0 bridgehead atoms. The second-order valence-electron chi connectivity index (χ2n) is 4.13. The fourth-order valence-corrected chi connectivity index (χ4v) is 2.08. The normalized spacial score (nSPS) is 10.2. The van der Waals surface area contributed by atoms with Crippen molar-refractivity contribution in [3.8, 4) is 0 Å². The van der Waals surface area contributed by atoms with E-state index in [1.54, 1.807) is 17.0 Å². The number of benzene rings is 1. The van der Waals surface area contributed by atoms with E-state index >= 15 is 0 Å². The Balaban J connectivity index is 3.12. The number of rotatable bonds is 7. The van der Waals surface area contributed by atoms with Crippen LogP contribution in [0.25, 0.3) is 0 Å². The van der Waals surface area contributed by atoms with Gasteiger partial charge in [0.25, 0.3) is 5.69 Å². The Morgan fingerprint density at radius 2 is 2.21 bits per heavy atom. The number of nitrogens with two attached hydrogens (primary N) is 1. The number of unbranched alkanes of at least 4 members (excludes halogenated alkanes) is 1. The summed E-state index contributed by atoms with van der Waals surface area (Å²) in [6.07, 6.45) is 1.76. The van der Waals surface area contributed by atoms with E-state index in [9.17, 15) is 14.9 Å². The minimum Gasteiger partial charge on any atom is -0.368 e. The zero-order valence-electron chi connectivity index (χ0n) is 10.6. The molecule has 0 aromatic heterocycles. The quantitative estimate of drug-likeness (QED) is 0.614. The monoisotopic (exact) mass is 329 g/mol. The minimum atomic E-state index is -0.506. The summed E-state index contributed by atoms with van der Waals surface area (Å²) in [5.41, 5.74) is 5.58. The van der Waals surface area contributed by atoms with Gasteiger partial charge in [-0.05, 0) is 18.6 Å². The van der Waals surface area contributed by atoms with Gasteiger partial charge in [0.2, 0.25) is 5.91 Å². The molecule has 6 nitrogen and oxygen atoms in total. The van der Waals surface area contributed by atoms with E-state index in [0.29, 0.717) is 16.7 Å². The van der Waals surface area contributed by atoms with Gasteiger partial charge in [-0.2, -0.15) is 0 Å². The maximum absolute atomic E-state index is 11.1. The summed E-state index contributed by atoms with van der Waals surface area (Å²) >= 11 is 3.20. The lowest BCUT2D eigenvalue weighted by atomic mass is 10.2. The van der Waals surface area contributed by atoms with Gasteiger partial charge in [0.05, 0.1) is 11.5 Å². The molecule has 104 valence electrons. The van der Waals surface area contributed by atoms with E-state index in [1.807, 2.05) is 6.92 Å². The van der Waals surface area contributed by atoms with Crippen molar-refractivity contribution in [2.24, 2.45) is 5.73 Å². The van der Waals surface area contributed by atoms with Crippen LogP contribution in [0.5, 0.6) is 0 Å². The van der Waals surface area contributed by atoms with Crippen molar-refractivity contribution in [2.75, 3.05) is 18.0 Å². The predicted molar refractivity (Wildman–Crippen MR) is 77.1 cm³/mol. The molecule has 1 amide bonds. The lowest BCUT2D eigenvalue weighted by molar-refractivity contribution is -0.384. The summed E-state index contributed by atoms with van der Waals surface area (Å²) in [6, 6.07) is 4.76. The van der Waals surface area contributed by atoms with Gasteiger partial charge >= 0.3 is 0 Å². The Labute approximate surface area is 119 Å². The van der Waals surface area contributed by atoms with Crippen LogP contribution in [0.4, 0.5) is 11.4 Å². The summed E-state index contributed by atoms with van der Waals surface area (Å²) < 4.78 is 0.623. The van der Waals surface area contributed by atoms with Crippen LogP contribution >= 0.6 is 15.9 Å². The Bertz CT molecular complexity index is 479. The Kier molecular flexibility index (Phi) is 5.75. The van der Waals surface area contributed by atoms with Crippen LogP contribution in [-0.4, -0.2) is 23.9 Å². The third kappa shape index (κ3) is 4.51. The molecule has 0 saturated carbocycles. The van der Waals surface area contributed by atoms with E-state index in [-0.39, 0.29) is 12.2 Å². The number of nitro groups is 1. The van der Waals surface area contributed by atoms with Crippen molar-refractivity contribution in [3.63, 3.8) is 0 Å². The van der Waals surface area contributed by atoms with Gasteiger partial charge in [-0.3, -0.25) is 14.9 Å². The van der Waals surface area contributed by atoms with E-state index in [1.165, 1.54) is 6.07 Å². The molecule has 7 heteroatoms. The van der Waals surface area contributed by atoms with Crippen LogP contribution in [-0.2, 0) is 4.79 Å². The fourth-order valence-electron chi connectivity index (χ4n) is 1.73. The molecule has 0 aliphatic rings. The molecule has 1 aromatic carbocycles. The highest BCUT2D eigenvalue weighted by Crippen LogP contribution is 2.31. The number of primary amides is 1. The first-order valence-electron chi connectivity index (χ1n) is 5.93. The molecule has 19 heavy (non-hydrogen) atoms. The summed E-state index contributed by atoms with van der Waals surface area (Å²) in [5, 5.41) is 11.1. The number of amides is 1. The van der Waals surface area contributed by atoms with Crippen LogP contribution in [0.2, 0.25) is 0 Å². The molecule has 1 aromatic rings. The largest absolute Gasteiger partial charge is 0.368 e. The third-order valence-corrected chi connectivity index (χ3v) is 3.10. The van der Waals surface area contributed by atoms with E-state index in [0.717, 1.165) is 12.8 Å². The summed E-state index contributed by atoms with van der Waals surface area (Å²) in [7, 11) is 0. The number of anilines is 1. The zero-order chi connectivity index (χ0) is 14.4. The number of nitrogens with zero attached hydrogens (tertiary/aromatic N) is 2. The van der Waals surface area contributed by atoms with E-state index < -0.39 is 10.8 Å². The highest BCUT2D eigenvalue weighted by Gasteiger charge is 2.20.